The summed E-state index contributed by atoms with van der Waals surface area (Å²) in [5.41, 5.74) is 20.6. The zero-order chi connectivity index (χ0) is 50.4. The molecule has 0 saturated heterocycles. The van der Waals surface area contributed by atoms with E-state index in [2.05, 4.69) is 243 Å². The maximum atomic E-state index is 4.76. The van der Waals surface area contributed by atoms with E-state index < -0.39 is 0 Å². The third-order valence-corrected chi connectivity index (χ3v) is 23.0. The van der Waals surface area contributed by atoms with Gasteiger partial charge in [0.25, 0.3) is 0 Å². The normalized spacial score (nSPS) is 11.1. The van der Waals surface area contributed by atoms with Gasteiger partial charge in [-0.2, -0.15) is 0 Å². The molecule has 0 saturated carbocycles. The maximum absolute atomic E-state index is 4.76. The molecule has 0 unspecified atom stereocenters. The molecule has 74 heavy (non-hydrogen) atoms. The van der Waals surface area contributed by atoms with Crippen LogP contribution in [0, 0.1) is 0 Å². The second-order valence-electron chi connectivity index (χ2n) is 17.5. The first-order chi connectivity index (χ1) is 36.4. The Labute approximate surface area is 477 Å². The van der Waals surface area contributed by atoms with Crippen molar-refractivity contribution in [1.82, 2.24) is 0 Å². The van der Waals surface area contributed by atoms with Crippen molar-refractivity contribution in [2.45, 2.75) is 0 Å². The molecule has 8 heteroatoms. The van der Waals surface area contributed by atoms with Gasteiger partial charge in [0.2, 0.25) is 0 Å². The molecule has 0 amide bonds. The average Bonchev–Trinajstić information content (AvgIpc) is 4.33. The Kier molecular flexibility index (Phi) is 16.5. The van der Waals surface area contributed by atoms with Crippen molar-refractivity contribution in [3.05, 3.63) is 243 Å². The summed E-state index contributed by atoms with van der Waals surface area (Å²) in [6, 6.07) is 92.0. The number of hydrogen-bond acceptors (Lipinski definition) is 0. The van der Waals surface area contributed by atoms with Crippen LogP contribution in [0.3, 0.4) is 0 Å². The molecule has 4 aromatic heterocycles. The molecule has 8 aromatic carbocycles. The first kappa shape index (κ1) is 51.0. The van der Waals surface area contributed by atoms with E-state index in [4.69, 9.17) is 46.4 Å². The van der Waals surface area contributed by atoms with Crippen molar-refractivity contribution in [2.75, 3.05) is 10.7 Å². The zero-order valence-corrected chi connectivity index (χ0v) is 49.5. The molecule has 26 heterocycles. The van der Waals surface area contributed by atoms with Crippen molar-refractivity contribution >= 4 is 104 Å². The fourth-order valence-electron chi connectivity index (χ4n) is 9.21. The summed E-state index contributed by atoms with van der Waals surface area (Å²) >= 11 is 20.1. The molecule has 24 bridgehead atoms. The Morgan fingerprint density at radius 1 is 0.149 bits per heavy atom. The molecular formula is C66H44Cl4Se4. The number of hydrogen-bond donors (Lipinski definition) is 0. The second-order valence-corrected chi connectivity index (χ2v) is 28.2. The fraction of sp³-hybridized carbons (Fsp3) is 0.0303. The molecule has 22 aliphatic rings. The zero-order valence-electron chi connectivity index (χ0n) is 39.7. The monoisotopic (exact) mass is 1300 g/mol. The van der Waals surface area contributed by atoms with Crippen molar-refractivity contribution in [3.8, 4) is 125 Å². The van der Waals surface area contributed by atoms with Gasteiger partial charge in [-0.3, -0.25) is 0 Å². The number of alkyl halides is 4. The van der Waals surface area contributed by atoms with E-state index in [1.807, 2.05) is 0 Å². The van der Waals surface area contributed by atoms with E-state index in [1.165, 1.54) is 125 Å². The SMILES string of the molecule is ClCCl.ClCCl.c1cc2ccc1-c1ccc(cc1)-c1ccc([se]1)-c1ccc(cc1)-c1ccc(cc1)-c1ccc([se]1)-c1ccc(cc1)-c1ccc(cc1)-c1ccc([se]1)-c1ccc(cc1)-c1ccc(cc1)-c1ccc-2[se]1. The molecule has 12 aromatic rings. The Morgan fingerprint density at radius 2 is 0.230 bits per heavy atom. The van der Waals surface area contributed by atoms with Gasteiger partial charge in [0.1, 0.15) is 0 Å². The van der Waals surface area contributed by atoms with Gasteiger partial charge in [0.05, 0.1) is 10.7 Å². The second kappa shape index (κ2) is 23.9. The fourth-order valence-corrected chi connectivity index (χ4v) is 17.7. The van der Waals surface area contributed by atoms with Crippen molar-refractivity contribution in [3.63, 3.8) is 0 Å². The molecule has 0 fully saturated rings. The van der Waals surface area contributed by atoms with E-state index in [9.17, 15) is 0 Å². The van der Waals surface area contributed by atoms with Gasteiger partial charge >= 0.3 is 425 Å². The number of benzene rings is 8. The predicted molar refractivity (Wildman–Crippen MR) is 326 cm³/mol. The van der Waals surface area contributed by atoms with E-state index in [0.717, 1.165) is 0 Å². The van der Waals surface area contributed by atoms with Gasteiger partial charge < -0.3 is 0 Å². The molecule has 0 radical (unpaired) electrons. The van der Waals surface area contributed by atoms with E-state index >= 15 is 0 Å². The predicted octanol–water partition coefficient (Wildman–Crippen LogP) is 19.1. The van der Waals surface area contributed by atoms with Crippen LogP contribution in [0.4, 0.5) is 0 Å². The molecule has 0 nitrogen and oxygen atoms in total. The summed E-state index contributed by atoms with van der Waals surface area (Å²) in [5.74, 6) is 0. The Morgan fingerprint density at radius 3 is 0.324 bits per heavy atom. The van der Waals surface area contributed by atoms with Crippen LogP contribution in [0.5, 0.6) is 0 Å². The molecule has 0 spiro atoms. The summed E-state index contributed by atoms with van der Waals surface area (Å²) in [6.07, 6.45) is 0. The van der Waals surface area contributed by atoms with E-state index in [0.29, 0.717) is 0 Å². The molecular weight excluding hydrogens is 1250 g/mol. The summed E-state index contributed by atoms with van der Waals surface area (Å²) < 4.78 is 11.4. The Bertz CT molecular complexity index is 3010. The first-order valence-electron chi connectivity index (χ1n) is 23.9. The van der Waals surface area contributed by atoms with Crippen LogP contribution in [0.2, 0.25) is 0 Å². The molecule has 22 aliphatic heterocycles. The van der Waals surface area contributed by atoms with Gasteiger partial charge in [-0.05, 0) is 0 Å². The van der Waals surface area contributed by atoms with Crippen LogP contribution in [0.25, 0.3) is 125 Å². The Balaban J connectivity index is 0.000000937. The summed E-state index contributed by atoms with van der Waals surface area (Å²) in [7, 11) is 0. The summed E-state index contributed by atoms with van der Waals surface area (Å²) in [4.78, 5) is 0. The van der Waals surface area contributed by atoms with Crippen LogP contribution >= 0.6 is 46.4 Å². The van der Waals surface area contributed by atoms with Crippen LogP contribution in [-0.2, 0) is 0 Å². The first-order valence-corrected chi connectivity index (χ1v) is 32.9. The summed E-state index contributed by atoms with van der Waals surface area (Å²) in [5, 5.41) is 0.389. The number of halogens is 4. The molecule has 0 atom stereocenters. The van der Waals surface area contributed by atoms with E-state index in [-0.39, 0.29) is 68.7 Å². The van der Waals surface area contributed by atoms with Gasteiger partial charge in [-0.25, -0.2) is 0 Å². The van der Waals surface area contributed by atoms with Crippen LogP contribution in [0.1, 0.15) is 0 Å². The third kappa shape index (κ3) is 11.5. The molecule has 360 valence electrons. The molecule has 0 N–H and O–H groups in total. The Hall–Kier alpha value is -5.08. The number of rotatable bonds is 0. The van der Waals surface area contributed by atoms with Crippen LogP contribution in [0.15, 0.2) is 243 Å². The standard InChI is InChI=1S/C64H40Se4.2CH2Cl2/c1-17-49-18-2-41(1)42-3-19-50(20-4-42)59-35-36-60(66-59)52-23-7-45(8-24-52)46-11-27-54(28-12-46)63-39-40-64(68-63)56-31-15-48(16-32-56)47-13-29-55(30-14-47)62-38-37-61(67-62)53-25-9-44(10-26-53)43-5-21-51(22-6-43)58-34-33-57(49)65-58;2*2-1-3/h1-40H;2*1H2. The minimum atomic E-state index is 0.194. The van der Waals surface area contributed by atoms with Gasteiger partial charge in [-0.15, -0.1) is 46.4 Å². The van der Waals surface area contributed by atoms with Crippen molar-refractivity contribution in [1.29, 1.82) is 0 Å². The van der Waals surface area contributed by atoms with Crippen molar-refractivity contribution < 1.29 is 0 Å². The van der Waals surface area contributed by atoms with Gasteiger partial charge in [0, 0.05) is 0 Å². The average molecular weight is 1290 g/mol. The van der Waals surface area contributed by atoms with Gasteiger partial charge in [0.15, 0.2) is 0 Å². The van der Waals surface area contributed by atoms with Crippen molar-refractivity contribution in [2.24, 2.45) is 0 Å². The minimum absolute atomic E-state index is 0.194. The third-order valence-electron chi connectivity index (χ3n) is 13.1. The summed E-state index contributed by atoms with van der Waals surface area (Å²) in [6.45, 7) is 0. The quantitative estimate of drug-likeness (QED) is 0.105. The van der Waals surface area contributed by atoms with Gasteiger partial charge in [-0.1, -0.05) is 0 Å². The van der Waals surface area contributed by atoms with E-state index in [1.54, 1.807) is 0 Å². The topological polar surface area (TPSA) is 0 Å². The molecule has 0 aliphatic carbocycles. The molecule has 34 rings (SSSR count). The van der Waals surface area contributed by atoms with Crippen LogP contribution < -0.4 is 0 Å². The van der Waals surface area contributed by atoms with Crippen LogP contribution in [-0.4, -0.2) is 68.7 Å².